The average molecular weight is 531 g/mol. The predicted molar refractivity (Wildman–Crippen MR) is 165 cm³/mol. The molecule has 5 heteroatoms. The highest BCUT2D eigenvalue weighted by molar-refractivity contribution is 7.23. The van der Waals surface area contributed by atoms with E-state index in [0.29, 0.717) is 5.82 Å². The second-order valence-corrected chi connectivity index (χ2v) is 10.8. The standard InChI is InChI=1S/C35H22N4S/c1-3-9-24(10-4-1)29-22-30(25-11-5-2-6-12-25)37-34(36-29)26-17-15-23(16-18-26)27-19-20-28-32(21-27)39-31-13-7-8-14-33(31)40-35(39)38-28/h1-22H. The largest absolute Gasteiger partial charge is 0.283 e. The zero-order valence-corrected chi connectivity index (χ0v) is 22.2. The molecule has 0 fully saturated rings. The summed E-state index contributed by atoms with van der Waals surface area (Å²) in [4.78, 5) is 15.8. The molecule has 0 N–H and O–H groups in total. The second kappa shape index (κ2) is 9.26. The van der Waals surface area contributed by atoms with E-state index in [4.69, 9.17) is 15.0 Å². The number of para-hydroxylation sites is 1. The van der Waals surface area contributed by atoms with Crippen LogP contribution in [0.3, 0.4) is 0 Å². The van der Waals surface area contributed by atoms with Crippen LogP contribution in [0.2, 0.25) is 0 Å². The first-order chi connectivity index (χ1) is 19.8. The molecule has 0 amide bonds. The quantitative estimate of drug-likeness (QED) is 0.228. The third-order valence-corrected chi connectivity index (χ3v) is 8.29. The molecule has 0 atom stereocenters. The number of nitrogens with zero attached hydrogens (tertiary/aromatic N) is 4. The number of benzene rings is 5. The molecule has 40 heavy (non-hydrogen) atoms. The lowest BCUT2D eigenvalue weighted by Crippen LogP contribution is -1.95. The van der Waals surface area contributed by atoms with Gasteiger partial charge < -0.3 is 0 Å². The van der Waals surface area contributed by atoms with Crippen LogP contribution >= 0.6 is 11.3 Å². The van der Waals surface area contributed by atoms with E-state index in [9.17, 15) is 0 Å². The van der Waals surface area contributed by atoms with Crippen LogP contribution in [0.25, 0.3) is 71.2 Å². The maximum Gasteiger partial charge on any atom is 0.195 e. The van der Waals surface area contributed by atoms with E-state index in [1.165, 1.54) is 10.2 Å². The fourth-order valence-corrected chi connectivity index (χ4v) is 6.30. The first kappa shape index (κ1) is 22.8. The molecule has 0 saturated carbocycles. The van der Waals surface area contributed by atoms with E-state index in [-0.39, 0.29) is 0 Å². The van der Waals surface area contributed by atoms with Crippen molar-refractivity contribution in [3.63, 3.8) is 0 Å². The van der Waals surface area contributed by atoms with Crippen LogP contribution in [0.5, 0.6) is 0 Å². The Hall–Kier alpha value is -5.13. The second-order valence-electron chi connectivity index (χ2n) is 9.77. The van der Waals surface area contributed by atoms with Gasteiger partial charge in [-0.05, 0) is 41.5 Å². The highest BCUT2D eigenvalue weighted by Gasteiger charge is 2.13. The number of fused-ring (bicyclic) bond motifs is 5. The Morgan fingerprint density at radius 3 is 1.75 bits per heavy atom. The van der Waals surface area contributed by atoms with Crippen molar-refractivity contribution in [1.82, 2.24) is 19.4 Å². The summed E-state index contributed by atoms with van der Waals surface area (Å²) in [6.07, 6.45) is 0. The van der Waals surface area contributed by atoms with Crippen LogP contribution < -0.4 is 0 Å². The first-order valence-corrected chi connectivity index (χ1v) is 14.0. The maximum atomic E-state index is 4.97. The summed E-state index contributed by atoms with van der Waals surface area (Å²) < 4.78 is 3.51. The first-order valence-electron chi connectivity index (χ1n) is 13.2. The number of imidazole rings is 1. The molecule has 3 aromatic heterocycles. The van der Waals surface area contributed by atoms with Gasteiger partial charge in [-0.25, -0.2) is 15.0 Å². The Balaban J connectivity index is 1.21. The summed E-state index contributed by atoms with van der Waals surface area (Å²) >= 11 is 1.73. The topological polar surface area (TPSA) is 43.1 Å². The molecule has 8 aromatic rings. The molecule has 0 unspecified atom stereocenters. The van der Waals surface area contributed by atoms with Crippen LogP contribution in [0.1, 0.15) is 0 Å². The van der Waals surface area contributed by atoms with Crippen LogP contribution in [-0.2, 0) is 0 Å². The average Bonchev–Trinajstić information content (AvgIpc) is 3.57. The molecule has 0 spiro atoms. The summed E-state index contributed by atoms with van der Waals surface area (Å²) in [6, 6.07) is 46.1. The number of hydrogen-bond donors (Lipinski definition) is 0. The molecule has 0 saturated heterocycles. The minimum atomic E-state index is 0.712. The fraction of sp³-hybridized carbons (Fsp3) is 0. The Labute approximate surface area is 234 Å². The number of hydrogen-bond acceptors (Lipinski definition) is 4. The summed E-state index contributed by atoms with van der Waals surface area (Å²) in [5.74, 6) is 0.712. The van der Waals surface area contributed by atoms with Crippen molar-refractivity contribution in [1.29, 1.82) is 0 Å². The summed E-state index contributed by atoms with van der Waals surface area (Å²) in [7, 11) is 0. The van der Waals surface area contributed by atoms with Crippen molar-refractivity contribution in [2.24, 2.45) is 0 Å². The molecule has 0 bridgehead atoms. The van der Waals surface area contributed by atoms with Gasteiger partial charge in [0.25, 0.3) is 0 Å². The molecule has 0 radical (unpaired) electrons. The summed E-state index contributed by atoms with van der Waals surface area (Å²) in [6.45, 7) is 0. The number of rotatable bonds is 4. The van der Waals surface area contributed by atoms with Crippen molar-refractivity contribution in [2.75, 3.05) is 0 Å². The van der Waals surface area contributed by atoms with Crippen molar-refractivity contribution in [3.05, 3.63) is 133 Å². The number of aromatic nitrogens is 4. The van der Waals surface area contributed by atoms with Crippen LogP contribution in [0, 0.1) is 0 Å². The Kier molecular flexibility index (Phi) is 5.28. The lowest BCUT2D eigenvalue weighted by Gasteiger charge is -2.10. The minimum absolute atomic E-state index is 0.712. The van der Waals surface area contributed by atoms with Gasteiger partial charge in [0.05, 0.1) is 32.6 Å². The normalized spacial score (nSPS) is 11.5. The molecular formula is C35H22N4S. The zero-order valence-electron chi connectivity index (χ0n) is 21.4. The van der Waals surface area contributed by atoms with Crippen LogP contribution in [-0.4, -0.2) is 19.4 Å². The molecule has 0 aliphatic heterocycles. The minimum Gasteiger partial charge on any atom is -0.283 e. The lowest BCUT2D eigenvalue weighted by atomic mass is 10.0. The Morgan fingerprint density at radius 2 is 1.05 bits per heavy atom. The van der Waals surface area contributed by atoms with Crippen LogP contribution in [0.15, 0.2) is 133 Å². The van der Waals surface area contributed by atoms with Gasteiger partial charge in [0.1, 0.15) is 0 Å². The van der Waals surface area contributed by atoms with Gasteiger partial charge in [0.2, 0.25) is 0 Å². The summed E-state index contributed by atoms with van der Waals surface area (Å²) in [5.41, 5.74) is 10.6. The van der Waals surface area contributed by atoms with Crippen molar-refractivity contribution in [3.8, 4) is 45.0 Å². The van der Waals surface area contributed by atoms with Gasteiger partial charge in [-0.3, -0.25) is 4.40 Å². The van der Waals surface area contributed by atoms with Gasteiger partial charge in [-0.2, -0.15) is 0 Å². The SMILES string of the molecule is c1ccc(-c2cc(-c3ccccc3)nc(-c3ccc(-c4ccc5nc6sc7ccccc7n6c5c4)cc3)n2)cc1. The summed E-state index contributed by atoms with van der Waals surface area (Å²) in [5, 5.41) is 0. The van der Waals surface area contributed by atoms with Crippen molar-refractivity contribution < 1.29 is 0 Å². The third-order valence-electron chi connectivity index (χ3n) is 7.27. The van der Waals surface area contributed by atoms with E-state index >= 15 is 0 Å². The fourth-order valence-electron chi connectivity index (χ4n) is 5.26. The molecule has 3 heterocycles. The highest BCUT2D eigenvalue weighted by atomic mass is 32.1. The monoisotopic (exact) mass is 530 g/mol. The van der Waals surface area contributed by atoms with E-state index in [2.05, 4.69) is 101 Å². The smallest absolute Gasteiger partial charge is 0.195 e. The zero-order chi connectivity index (χ0) is 26.5. The molecular weight excluding hydrogens is 508 g/mol. The van der Waals surface area contributed by atoms with E-state index in [0.717, 1.165) is 55.2 Å². The van der Waals surface area contributed by atoms with Gasteiger partial charge >= 0.3 is 0 Å². The Morgan fingerprint density at radius 1 is 0.450 bits per heavy atom. The highest BCUT2D eigenvalue weighted by Crippen LogP contribution is 2.33. The van der Waals surface area contributed by atoms with Crippen LogP contribution in [0.4, 0.5) is 0 Å². The Bertz CT molecular complexity index is 2090. The molecule has 8 rings (SSSR count). The van der Waals surface area contributed by atoms with Crippen molar-refractivity contribution in [2.45, 2.75) is 0 Å². The molecule has 5 aromatic carbocycles. The van der Waals surface area contributed by atoms with Gasteiger partial charge in [0, 0.05) is 16.7 Å². The van der Waals surface area contributed by atoms with Gasteiger partial charge in [-0.1, -0.05) is 114 Å². The molecule has 0 aliphatic carbocycles. The van der Waals surface area contributed by atoms with E-state index in [1.807, 2.05) is 36.4 Å². The number of thiazole rings is 1. The lowest BCUT2D eigenvalue weighted by molar-refractivity contribution is 1.18. The molecule has 0 aliphatic rings. The van der Waals surface area contributed by atoms with Gasteiger partial charge in [-0.15, -0.1) is 0 Å². The maximum absolute atomic E-state index is 4.97. The third kappa shape index (κ3) is 3.87. The predicted octanol–water partition coefficient (Wildman–Crippen LogP) is 9.16. The molecule has 4 nitrogen and oxygen atoms in total. The van der Waals surface area contributed by atoms with Crippen molar-refractivity contribution >= 4 is 37.5 Å². The van der Waals surface area contributed by atoms with E-state index < -0.39 is 0 Å². The molecule has 188 valence electrons. The van der Waals surface area contributed by atoms with Gasteiger partial charge in [0.15, 0.2) is 10.8 Å². The van der Waals surface area contributed by atoms with E-state index in [1.54, 1.807) is 11.3 Å².